The Morgan fingerprint density at radius 1 is 1.11 bits per heavy atom. The Morgan fingerprint density at radius 3 is 2.56 bits per heavy atom. The number of aryl methyl sites for hydroxylation is 3. The monoisotopic (exact) mass is 369 g/mol. The van der Waals surface area contributed by atoms with Crippen LogP contribution in [-0.4, -0.2) is 18.4 Å². The molecule has 2 unspecified atom stereocenters. The fourth-order valence-electron chi connectivity index (χ4n) is 3.12. The van der Waals surface area contributed by atoms with Crippen molar-refractivity contribution in [2.24, 2.45) is 5.92 Å². The molecular weight excluding hydrogens is 342 g/mol. The van der Waals surface area contributed by atoms with E-state index < -0.39 is 0 Å². The quantitative estimate of drug-likeness (QED) is 0.655. The second-order valence-electron chi connectivity index (χ2n) is 7.39. The fourth-order valence-corrected chi connectivity index (χ4v) is 3.12. The van der Waals surface area contributed by atoms with E-state index in [2.05, 4.69) is 23.1 Å². The predicted octanol–water partition coefficient (Wildman–Crippen LogP) is 3.21. The number of hydrazine groups is 1. The molecule has 0 radical (unpaired) electrons. The van der Waals surface area contributed by atoms with E-state index in [9.17, 15) is 9.59 Å². The average Bonchev–Trinajstić information content (AvgIpc) is 3.17. The third kappa shape index (κ3) is 5.36. The number of benzene rings is 1. The van der Waals surface area contributed by atoms with Gasteiger partial charge in [0.2, 0.25) is 5.91 Å². The summed E-state index contributed by atoms with van der Waals surface area (Å²) in [4.78, 5) is 23.8. The van der Waals surface area contributed by atoms with E-state index in [-0.39, 0.29) is 24.8 Å². The summed E-state index contributed by atoms with van der Waals surface area (Å²) in [6.07, 6.45) is 1.96. The first-order chi connectivity index (χ1) is 12.9. The largest absolute Gasteiger partial charge is 0.466 e. The van der Waals surface area contributed by atoms with Crippen LogP contribution in [0.1, 0.15) is 48.3 Å². The van der Waals surface area contributed by atoms with Gasteiger partial charge in [-0.3, -0.25) is 20.4 Å². The van der Waals surface area contributed by atoms with Crippen LogP contribution < -0.4 is 16.2 Å². The topological polar surface area (TPSA) is 83.4 Å². The van der Waals surface area contributed by atoms with E-state index in [0.29, 0.717) is 18.3 Å². The summed E-state index contributed by atoms with van der Waals surface area (Å²) in [7, 11) is 0. The van der Waals surface area contributed by atoms with Gasteiger partial charge >= 0.3 is 0 Å². The van der Waals surface area contributed by atoms with Crippen molar-refractivity contribution < 1.29 is 14.0 Å². The molecule has 1 heterocycles. The molecular formula is C21H27N3O3. The molecule has 1 saturated carbocycles. The van der Waals surface area contributed by atoms with Crippen LogP contribution in [0.2, 0.25) is 0 Å². The number of carbonyl (C=O) groups excluding carboxylic acids is 2. The van der Waals surface area contributed by atoms with Crippen LogP contribution >= 0.6 is 0 Å². The second kappa shape index (κ2) is 8.29. The Morgan fingerprint density at radius 2 is 1.85 bits per heavy atom. The van der Waals surface area contributed by atoms with Crippen molar-refractivity contribution in [2.45, 2.75) is 46.0 Å². The van der Waals surface area contributed by atoms with Crippen molar-refractivity contribution in [3.63, 3.8) is 0 Å². The minimum Gasteiger partial charge on any atom is -0.466 e. The molecule has 6 heteroatoms. The number of hydrogen-bond acceptors (Lipinski definition) is 4. The smallest absolute Gasteiger partial charge is 0.257 e. The molecule has 27 heavy (non-hydrogen) atoms. The van der Waals surface area contributed by atoms with Gasteiger partial charge in [0.25, 0.3) is 5.91 Å². The Labute approximate surface area is 159 Å². The second-order valence-corrected chi connectivity index (χ2v) is 7.39. The molecule has 2 amide bonds. The van der Waals surface area contributed by atoms with Crippen LogP contribution in [0.3, 0.4) is 0 Å². The van der Waals surface area contributed by atoms with Crippen LogP contribution in [0.5, 0.6) is 0 Å². The van der Waals surface area contributed by atoms with Gasteiger partial charge in [-0.25, -0.2) is 0 Å². The Bertz CT molecular complexity index is 828. The number of anilines is 1. The van der Waals surface area contributed by atoms with Gasteiger partial charge in [0.05, 0.1) is 6.54 Å². The highest BCUT2D eigenvalue weighted by Crippen LogP contribution is 2.47. The molecule has 1 aromatic carbocycles. The van der Waals surface area contributed by atoms with Gasteiger partial charge < -0.3 is 9.73 Å². The van der Waals surface area contributed by atoms with Gasteiger partial charge in [-0.15, -0.1) is 0 Å². The maximum atomic E-state index is 11.9. The number of furan rings is 1. The van der Waals surface area contributed by atoms with Gasteiger partial charge in [0.15, 0.2) is 0 Å². The summed E-state index contributed by atoms with van der Waals surface area (Å²) in [5.41, 5.74) is 8.02. The van der Waals surface area contributed by atoms with E-state index in [1.807, 2.05) is 44.2 Å². The van der Waals surface area contributed by atoms with Crippen LogP contribution in [0.4, 0.5) is 5.69 Å². The Hall–Kier alpha value is -2.76. The lowest BCUT2D eigenvalue weighted by Crippen LogP contribution is -2.44. The van der Waals surface area contributed by atoms with Crippen LogP contribution in [0, 0.1) is 19.8 Å². The number of rotatable bonds is 7. The lowest BCUT2D eigenvalue weighted by Gasteiger charge is -2.11. The molecule has 2 atom stereocenters. The van der Waals surface area contributed by atoms with E-state index in [0.717, 1.165) is 22.8 Å². The molecule has 1 aliphatic carbocycles. The summed E-state index contributed by atoms with van der Waals surface area (Å²) < 4.78 is 5.78. The number of nitrogens with one attached hydrogen (secondary N) is 3. The van der Waals surface area contributed by atoms with Crippen molar-refractivity contribution in [1.82, 2.24) is 10.9 Å². The van der Waals surface area contributed by atoms with Crippen LogP contribution in [0.25, 0.3) is 0 Å². The maximum Gasteiger partial charge on any atom is 0.257 e. The zero-order valence-electron chi connectivity index (χ0n) is 16.1. The lowest BCUT2D eigenvalue weighted by atomic mass is 10.1. The minimum atomic E-state index is -0.300. The minimum absolute atomic E-state index is 0.0886. The van der Waals surface area contributed by atoms with Gasteiger partial charge in [-0.2, -0.15) is 0 Å². The molecule has 2 aromatic rings. The third-order valence-corrected chi connectivity index (χ3v) is 4.92. The molecule has 144 valence electrons. The number of hydrogen-bond donors (Lipinski definition) is 3. The molecule has 1 aromatic heterocycles. The summed E-state index contributed by atoms with van der Waals surface area (Å²) >= 11 is 0. The summed E-state index contributed by atoms with van der Waals surface area (Å²) in [6.45, 7) is 6.30. The lowest BCUT2D eigenvalue weighted by molar-refractivity contribution is -0.128. The number of carbonyl (C=O) groups is 2. The van der Waals surface area contributed by atoms with Crippen molar-refractivity contribution in [3.05, 3.63) is 53.0 Å². The van der Waals surface area contributed by atoms with E-state index in [1.165, 1.54) is 12.0 Å². The van der Waals surface area contributed by atoms with Crippen molar-refractivity contribution in [1.29, 1.82) is 0 Å². The molecule has 0 aliphatic heterocycles. The highest BCUT2D eigenvalue weighted by molar-refractivity contribution is 5.84. The van der Waals surface area contributed by atoms with Gasteiger partial charge in [-0.05, 0) is 49.9 Å². The molecule has 1 aliphatic rings. The molecule has 6 nitrogen and oxygen atoms in total. The number of amides is 2. The summed E-state index contributed by atoms with van der Waals surface area (Å²) in [6, 6.07) is 9.91. The molecule has 0 bridgehead atoms. The van der Waals surface area contributed by atoms with Crippen molar-refractivity contribution in [3.8, 4) is 0 Å². The zero-order chi connectivity index (χ0) is 19.4. The van der Waals surface area contributed by atoms with Gasteiger partial charge in [-0.1, -0.05) is 24.6 Å². The molecule has 1 fully saturated rings. The SMILES string of the molecule is Cc1ccc(NCC(=O)NNC(=O)CCc2ccc(C3CC3C)o2)c(C)c1. The zero-order valence-corrected chi connectivity index (χ0v) is 16.1. The Balaban J connectivity index is 1.34. The first-order valence-corrected chi connectivity index (χ1v) is 9.40. The first kappa shape index (κ1) is 19.0. The van der Waals surface area contributed by atoms with Crippen molar-refractivity contribution >= 4 is 17.5 Å². The van der Waals surface area contributed by atoms with E-state index in [4.69, 9.17) is 4.42 Å². The third-order valence-electron chi connectivity index (χ3n) is 4.92. The fraction of sp³-hybridized carbons (Fsp3) is 0.429. The molecule has 0 spiro atoms. The first-order valence-electron chi connectivity index (χ1n) is 9.40. The maximum absolute atomic E-state index is 11.9. The van der Waals surface area contributed by atoms with Crippen LogP contribution in [0.15, 0.2) is 34.7 Å². The van der Waals surface area contributed by atoms with E-state index in [1.54, 1.807) is 0 Å². The molecule has 0 saturated heterocycles. The van der Waals surface area contributed by atoms with Gasteiger partial charge in [0.1, 0.15) is 11.5 Å². The highest BCUT2D eigenvalue weighted by Gasteiger charge is 2.36. The molecule has 3 N–H and O–H groups in total. The van der Waals surface area contributed by atoms with Gasteiger partial charge in [0, 0.05) is 24.4 Å². The van der Waals surface area contributed by atoms with Crippen LogP contribution in [-0.2, 0) is 16.0 Å². The van der Waals surface area contributed by atoms with E-state index >= 15 is 0 Å². The Kier molecular flexibility index (Phi) is 5.84. The standard InChI is InChI=1S/C21H27N3O3/c1-13-4-7-18(15(3)10-13)22-12-21(26)24-23-20(25)9-6-16-5-8-19(27-16)17-11-14(17)2/h4-5,7-8,10,14,17,22H,6,9,11-12H2,1-3H3,(H,23,25)(H,24,26). The average molecular weight is 369 g/mol. The normalized spacial score (nSPS) is 18.0. The van der Waals surface area contributed by atoms with Crippen molar-refractivity contribution in [2.75, 3.05) is 11.9 Å². The summed E-state index contributed by atoms with van der Waals surface area (Å²) in [5.74, 6) is 2.51. The highest BCUT2D eigenvalue weighted by atomic mass is 16.3. The predicted molar refractivity (Wildman–Crippen MR) is 104 cm³/mol. The molecule has 3 rings (SSSR count). The summed E-state index contributed by atoms with van der Waals surface area (Å²) in [5, 5.41) is 3.07.